The van der Waals surface area contributed by atoms with Gasteiger partial charge < -0.3 is 14.8 Å². The predicted octanol–water partition coefficient (Wildman–Crippen LogP) is 3.29. The third-order valence-electron chi connectivity index (χ3n) is 4.23. The molecule has 0 aliphatic carbocycles. The van der Waals surface area contributed by atoms with Crippen molar-refractivity contribution in [3.05, 3.63) is 64.4 Å². The molecule has 0 saturated heterocycles. The Balaban J connectivity index is 1.48. The first-order chi connectivity index (χ1) is 13.1. The lowest BCUT2D eigenvalue weighted by Gasteiger charge is -2.18. The summed E-state index contributed by atoms with van der Waals surface area (Å²) in [5.41, 5.74) is 1.99. The Morgan fingerprint density at radius 1 is 1.15 bits per heavy atom. The van der Waals surface area contributed by atoms with Crippen molar-refractivity contribution in [2.45, 2.75) is 13.0 Å². The number of hydrogen-bond acceptors (Lipinski definition) is 5. The van der Waals surface area contributed by atoms with E-state index in [1.54, 1.807) is 6.20 Å². The average molecular weight is 429 g/mol. The number of nitrogens with one attached hydrogen (secondary N) is 1. The molecule has 0 spiro atoms. The van der Waals surface area contributed by atoms with E-state index in [0.717, 1.165) is 15.7 Å². The Labute approximate surface area is 164 Å². The Bertz CT molecular complexity index is 971. The van der Waals surface area contributed by atoms with Crippen LogP contribution in [0.3, 0.4) is 0 Å². The van der Waals surface area contributed by atoms with E-state index in [0.29, 0.717) is 24.7 Å². The molecule has 0 saturated carbocycles. The summed E-state index contributed by atoms with van der Waals surface area (Å²) in [7, 11) is 0. The zero-order valence-corrected chi connectivity index (χ0v) is 16.1. The van der Waals surface area contributed by atoms with Crippen molar-refractivity contribution in [1.29, 1.82) is 0 Å². The fourth-order valence-electron chi connectivity index (χ4n) is 2.77. The number of ether oxygens (including phenoxy) is 2. The molecule has 3 aromatic rings. The summed E-state index contributed by atoms with van der Waals surface area (Å²) in [6.45, 7) is 2.97. The number of aromatic nitrogens is 3. The van der Waals surface area contributed by atoms with Crippen molar-refractivity contribution in [2.75, 3.05) is 13.2 Å². The van der Waals surface area contributed by atoms with Crippen molar-refractivity contribution >= 4 is 21.8 Å². The van der Waals surface area contributed by atoms with E-state index in [9.17, 15) is 4.79 Å². The van der Waals surface area contributed by atoms with Gasteiger partial charge in [0.2, 0.25) is 0 Å². The van der Waals surface area contributed by atoms with Gasteiger partial charge in [0.15, 0.2) is 17.2 Å². The number of halogens is 1. The fraction of sp³-hybridized carbons (Fsp3) is 0.211. The van der Waals surface area contributed by atoms with E-state index in [-0.39, 0.29) is 17.6 Å². The maximum absolute atomic E-state index is 12.5. The van der Waals surface area contributed by atoms with E-state index in [1.807, 2.05) is 49.4 Å². The number of carbonyl (C=O) groups excluding carboxylic acids is 1. The van der Waals surface area contributed by atoms with Crippen LogP contribution < -0.4 is 14.8 Å². The lowest BCUT2D eigenvalue weighted by Crippen LogP contribution is -2.26. The monoisotopic (exact) mass is 428 g/mol. The van der Waals surface area contributed by atoms with Crippen LogP contribution in [0.25, 0.3) is 5.69 Å². The Hall–Kier alpha value is -2.87. The number of amides is 1. The number of carbonyl (C=O) groups is 1. The van der Waals surface area contributed by atoms with Crippen LogP contribution in [0.2, 0.25) is 0 Å². The highest BCUT2D eigenvalue weighted by atomic mass is 79.9. The minimum atomic E-state index is -0.283. The van der Waals surface area contributed by atoms with Crippen LogP contribution in [0.15, 0.2) is 53.1 Å². The van der Waals surface area contributed by atoms with Crippen LogP contribution in [0, 0.1) is 0 Å². The molecule has 2 aromatic carbocycles. The van der Waals surface area contributed by atoms with E-state index in [4.69, 9.17) is 9.47 Å². The number of fused-ring (bicyclic) bond motifs is 1. The highest BCUT2D eigenvalue weighted by molar-refractivity contribution is 9.10. The van der Waals surface area contributed by atoms with E-state index in [1.165, 1.54) is 4.68 Å². The molecule has 1 N–H and O–H groups in total. The molecule has 1 aromatic heterocycles. The third-order valence-corrected chi connectivity index (χ3v) is 4.76. The van der Waals surface area contributed by atoms with Gasteiger partial charge in [0.25, 0.3) is 5.91 Å². The highest BCUT2D eigenvalue weighted by Crippen LogP contribution is 2.31. The van der Waals surface area contributed by atoms with Crippen LogP contribution in [0.1, 0.15) is 29.0 Å². The molecule has 1 aliphatic heterocycles. The number of benzene rings is 2. The summed E-state index contributed by atoms with van der Waals surface area (Å²) in [6.07, 6.45) is 1.59. The highest BCUT2D eigenvalue weighted by Gasteiger charge is 2.17. The van der Waals surface area contributed by atoms with Gasteiger partial charge in [-0.25, -0.2) is 4.68 Å². The van der Waals surface area contributed by atoms with Crippen LogP contribution in [-0.4, -0.2) is 34.1 Å². The van der Waals surface area contributed by atoms with Crippen LogP contribution in [-0.2, 0) is 0 Å². The average Bonchev–Trinajstić information content (AvgIpc) is 3.18. The van der Waals surface area contributed by atoms with Gasteiger partial charge in [-0.05, 0) is 36.8 Å². The normalized spacial score (nSPS) is 13.9. The smallest absolute Gasteiger partial charge is 0.273 e. The molecule has 0 fully saturated rings. The molecule has 7 nitrogen and oxygen atoms in total. The summed E-state index contributed by atoms with van der Waals surface area (Å²) in [5, 5.41) is 11.0. The largest absolute Gasteiger partial charge is 0.486 e. The number of rotatable bonds is 4. The summed E-state index contributed by atoms with van der Waals surface area (Å²) < 4.78 is 13.6. The summed E-state index contributed by atoms with van der Waals surface area (Å²) >= 11 is 3.40. The molecule has 8 heteroatoms. The second-order valence-electron chi connectivity index (χ2n) is 6.12. The van der Waals surface area contributed by atoms with Gasteiger partial charge in [0.1, 0.15) is 13.2 Å². The predicted molar refractivity (Wildman–Crippen MR) is 102 cm³/mol. The molecular formula is C19H17BrN4O3. The third kappa shape index (κ3) is 3.80. The van der Waals surface area contributed by atoms with Crippen molar-refractivity contribution in [1.82, 2.24) is 20.3 Å². The maximum Gasteiger partial charge on any atom is 0.273 e. The van der Waals surface area contributed by atoms with Gasteiger partial charge in [-0.2, -0.15) is 0 Å². The standard InChI is InChI=1S/C19H17BrN4O3/c1-12(13-2-4-14(20)5-3-13)21-19(25)16-11-24(23-22-16)15-6-7-17-18(10-15)27-9-8-26-17/h2-7,10-12H,8-9H2,1H3,(H,21,25)/t12-/m0/s1. The Kier molecular flexibility index (Phi) is 4.81. The first kappa shape index (κ1) is 17.5. The second kappa shape index (κ2) is 7.40. The molecule has 0 bridgehead atoms. The molecule has 27 heavy (non-hydrogen) atoms. The molecule has 4 rings (SSSR count). The molecule has 1 aliphatic rings. The SMILES string of the molecule is C[C@H](NC(=O)c1cn(-c2ccc3c(c2)OCCO3)nn1)c1ccc(Br)cc1. The van der Waals surface area contributed by atoms with Gasteiger partial charge in [-0.1, -0.05) is 33.3 Å². The molecule has 1 amide bonds. The van der Waals surface area contributed by atoms with Crippen molar-refractivity contribution in [3.63, 3.8) is 0 Å². The summed E-state index contributed by atoms with van der Waals surface area (Å²) in [5.74, 6) is 1.07. The maximum atomic E-state index is 12.5. The molecule has 1 atom stereocenters. The van der Waals surface area contributed by atoms with Gasteiger partial charge in [-0.3, -0.25) is 4.79 Å². The number of hydrogen-bond donors (Lipinski definition) is 1. The molecule has 2 heterocycles. The Morgan fingerprint density at radius 3 is 2.67 bits per heavy atom. The zero-order valence-electron chi connectivity index (χ0n) is 14.6. The van der Waals surface area contributed by atoms with Gasteiger partial charge >= 0.3 is 0 Å². The first-order valence-electron chi connectivity index (χ1n) is 8.49. The van der Waals surface area contributed by atoms with Crippen molar-refractivity contribution < 1.29 is 14.3 Å². The lowest BCUT2D eigenvalue weighted by molar-refractivity contribution is 0.0934. The fourth-order valence-corrected chi connectivity index (χ4v) is 3.04. The summed E-state index contributed by atoms with van der Waals surface area (Å²) in [6, 6.07) is 13.1. The van der Waals surface area contributed by atoms with Crippen LogP contribution in [0.4, 0.5) is 0 Å². The lowest BCUT2D eigenvalue weighted by atomic mass is 10.1. The topological polar surface area (TPSA) is 78.3 Å². The minimum absolute atomic E-state index is 0.148. The molecule has 138 valence electrons. The molecule has 0 radical (unpaired) electrons. The molecular weight excluding hydrogens is 412 g/mol. The van der Waals surface area contributed by atoms with Crippen LogP contribution >= 0.6 is 15.9 Å². The van der Waals surface area contributed by atoms with E-state index < -0.39 is 0 Å². The van der Waals surface area contributed by atoms with Crippen molar-refractivity contribution in [2.24, 2.45) is 0 Å². The van der Waals surface area contributed by atoms with Crippen LogP contribution in [0.5, 0.6) is 11.5 Å². The van der Waals surface area contributed by atoms with E-state index in [2.05, 4.69) is 31.6 Å². The van der Waals surface area contributed by atoms with Crippen molar-refractivity contribution in [3.8, 4) is 17.2 Å². The Morgan fingerprint density at radius 2 is 1.89 bits per heavy atom. The zero-order chi connectivity index (χ0) is 18.8. The van der Waals surface area contributed by atoms with Gasteiger partial charge in [0.05, 0.1) is 17.9 Å². The second-order valence-corrected chi connectivity index (χ2v) is 7.04. The number of nitrogens with zero attached hydrogens (tertiary/aromatic N) is 3. The minimum Gasteiger partial charge on any atom is -0.486 e. The van der Waals surface area contributed by atoms with E-state index >= 15 is 0 Å². The molecule has 0 unspecified atom stereocenters. The van der Waals surface area contributed by atoms with Gasteiger partial charge in [-0.15, -0.1) is 5.10 Å². The quantitative estimate of drug-likeness (QED) is 0.689. The van der Waals surface area contributed by atoms with Gasteiger partial charge in [0, 0.05) is 10.5 Å². The first-order valence-corrected chi connectivity index (χ1v) is 9.28. The summed E-state index contributed by atoms with van der Waals surface area (Å²) in [4.78, 5) is 12.5.